The second kappa shape index (κ2) is 5.71. The molecule has 1 aromatic carbocycles. The van der Waals surface area contributed by atoms with E-state index < -0.39 is 23.8 Å². The van der Waals surface area contributed by atoms with Crippen molar-refractivity contribution < 1.29 is 19.2 Å². The number of hydrogen-bond donors (Lipinski definition) is 3. The first-order valence-electron chi connectivity index (χ1n) is 7.31. The zero-order chi connectivity index (χ0) is 16.6. The summed E-state index contributed by atoms with van der Waals surface area (Å²) in [5.41, 5.74) is 5.86. The molecule has 0 radical (unpaired) electrons. The third-order valence-electron chi connectivity index (χ3n) is 3.97. The number of hydrogen-bond acceptors (Lipinski definition) is 5. The number of nitrogens with one attached hydrogen (secondary N) is 2. The highest BCUT2D eigenvalue weighted by Gasteiger charge is 2.44. The molecule has 4 amide bonds. The minimum Gasteiger partial charge on any atom is -0.375 e. The van der Waals surface area contributed by atoms with E-state index in [4.69, 9.17) is 5.73 Å². The van der Waals surface area contributed by atoms with Crippen molar-refractivity contribution in [3.63, 3.8) is 0 Å². The molecule has 3 rings (SSSR count). The average Bonchev–Trinajstić information content (AvgIpc) is 2.78. The van der Waals surface area contributed by atoms with E-state index in [0.717, 1.165) is 4.90 Å². The highest BCUT2D eigenvalue weighted by Crippen LogP contribution is 2.32. The Morgan fingerprint density at radius 1 is 1.30 bits per heavy atom. The Bertz CT molecular complexity index is 715. The van der Waals surface area contributed by atoms with E-state index in [-0.39, 0.29) is 23.6 Å². The molecule has 1 fully saturated rings. The maximum Gasteiger partial charge on any atom is 0.264 e. The third-order valence-corrected chi connectivity index (χ3v) is 3.97. The number of anilines is 1. The van der Waals surface area contributed by atoms with E-state index in [0.29, 0.717) is 25.1 Å². The zero-order valence-corrected chi connectivity index (χ0v) is 12.3. The highest BCUT2D eigenvalue weighted by atomic mass is 16.2. The largest absolute Gasteiger partial charge is 0.375 e. The van der Waals surface area contributed by atoms with Gasteiger partial charge >= 0.3 is 0 Å². The fourth-order valence-corrected chi connectivity index (χ4v) is 2.92. The van der Waals surface area contributed by atoms with Gasteiger partial charge in [0.2, 0.25) is 11.8 Å². The molecule has 1 unspecified atom stereocenters. The first-order chi connectivity index (χ1) is 11.0. The minimum absolute atomic E-state index is 0.151. The molecule has 23 heavy (non-hydrogen) atoms. The lowest BCUT2D eigenvalue weighted by molar-refractivity contribution is -0.126. The molecule has 1 atom stereocenters. The van der Waals surface area contributed by atoms with E-state index in [1.807, 2.05) is 0 Å². The molecule has 120 valence electrons. The fraction of sp³-hybridized carbons (Fsp3) is 0.333. The van der Waals surface area contributed by atoms with Gasteiger partial charge < -0.3 is 16.4 Å². The molecule has 1 aromatic rings. The first kappa shape index (κ1) is 15.0. The van der Waals surface area contributed by atoms with Crippen LogP contribution in [0, 0.1) is 0 Å². The smallest absolute Gasteiger partial charge is 0.264 e. The lowest BCUT2D eigenvalue weighted by atomic mass is 10.1. The van der Waals surface area contributed by atoms with Crippen molar-refractivity contribution in [1.82, 2.24) is 10.2 Å². The Morgan fingerprint density at radius 2 is 2.09 bits per heavy atom. The number of carbonyl (C=O) groups is 4. The minimum atomic E-state index is -0.792. The van der Waals surface area contributed by atoms with Crippen LogP contribution in [0.5, 0.6) is 0 Å². The Balaban J connectivity index is 1.95. The van der Waals surface area contributed by atoms with E-state index in [2.05, 4.69) is 10.6 Å². The Kier molecular flexibility index (Phi) is 3.73. The molecule has 0 saturated carbocycles. The van der Waals surface area contributed by atoms with Gasteiger partial charge in [0, 0.05) is 12.2 Å². The Labute approximate surface area is 132 Å². The van der Waals surface area contributed by atoms with Crippen LogP contribution in [0.3, 0.4) is 0 Å². The van der Waals surface area contributed by atoms with E-state index >= 15 is 0 Å². The second-order valence-corrected chi connectivity index (χ2v) is 5.48. The van der Waals surface area contributed by atoms with Crippen molar-refractivity contribution in [2.24, 2.45) is 5.73 Å². The van der Waals surface area contributed by atoms with Gasteiger partial charge in [-0.15, -0.1) is 0 Å². The Morgan fingerprint density at radius 3 is 2.78 bits per heavy atom. The van der Waals surface area contributed by atoms with E-state index in [1.54, 1.807) is 12.1 Å². The van der Waals surface area contributed by atoms with Crippen LogP contribution in [0.2, 0.25) is 0 Å². The van der Waals surface area contributed by atoms with Crippen LogP contribution in [0.4, 0.5) is 5.69 Å². The van der Waals surface area contributed by atoms with Gasteiger partial charge in [-0.25, -0.2) is 0 Å². The number of benzene rings is 1. The summed E-state index contributed by atoms with van der Waals surface area (Å²) < 4.78 is 0. The number of rotatable bonds is 4. The normalized spacial score (nSPS) is 20.3. The maximum absolute atomic E-state index is 12.7. The zero-order valence-electron chi connectivity index (χ0n) is 12.3. The van der Waals surface area contributed by atoms with Gasteiger partial charge in [-0.05, 0) is 25.0 Å². The number of piperidine rings is 1. The van der Waals surface area contributed by atoms with Crippen molar-refractivity contribution in [1.29, 1.82) is 0 Å². The van der Waals surface area contributed by atoms with Gasteiger partial charge in [0.25, 0.3) is 11.8 Å². The van der Waals surface area contributed by atoms with Crippen LogP contribution in [0.25, 0.3) is 0 Å². The number of nitrogens with two attached hydrogens (primary N) is 1. The standard InChI is InChI=1S/C15H16N4O4/c16-11(20)7-18-9-4-1-3-8-12(9)15(23)19(14(8)22)10-5-2-6-17-13(10)21/h1,3-4,10,18H,2,5-7H2,(H2,16,20)(H,17,21). The molecular weight excluding hydrogens is 300 g/mol. The summed E-state index contributed by atoms with van der Waals surface area (Å²) in [6, 6.07) is 3.95. The molecule has 0 spiro atoms. The van der Waals surface area contributed by atoms with Crippen LogP contribution in [-0.2, 0) is 9.59 Å². The Hall–Kier alpha value is -2.90. The fourth-order valence-electron chi connectivity index (χ4n) is 2.92. The SMILES string of the molecule is NC(=O)CNc1cccc2c1C(=O)N(C1CCCNC1=O)C2=O. The van der Waals surface area contributed by atoms with Crippen LogP contribution in [0.15, 0.2) is 18.2 Å². The number of imide groups is 1. The van der Waals surface area contributed by atoms with Gasteiger partial charge in [0.15, 0.2) is 0 Å². The summed E-state index contributed by atoms with van der Waals surface area (Å²) in [7, 11) is 0. The summed E-state index contributed by atoms with van der Waals surface area (Å²) in [6.45, 7) is 0.395. The average molecular weight is 316 g/mol. The monoisotopic (exact) mass is 316 g/mol. The molecule has 8 heteroatoms. The first-order valence-corrected chi connectivity index (χ1v) is 7.31. The molecule has 2 aliphatic heterocycles. The number of amides is 4. The van der Waals surface area contributed by atoms with Gasteiger partial charge in [-0.3, -0.25) is 24.1 Å². The summed E-state index contributed by atoms with van der Waals surface area (Å²) in [5.74, 6) is -1.92. The number of fused-ring (bicyclic) bond motifs is 1. The van der Waals surface area contributed by atoms with Crippen LogP contribution in [-0.4, -0.2) is 47.7 Å². The van der Waals surface area contributed by atoms with Gasteiger partial charge in [0.05, 0.1) is 17.7 Å². The van der Waals surface area contributed by atoms with Crippen molar-refractivity contribution in [2.45, 2.75) is 18.9 Å². The molecule has 1 saturated heterocycles. The predicted molar refractivity (Wildman–Crippen MR) is 80.7 cm³/mol. The topological polar surface area (TPSA) is 122 Å². The number of nitrogens with zero attached hydrogens (tertiary/aromatic N) is 1. The highest BCUT2D eigenvalue weighted by molar-refractivity contribution is 6.25. The van der Waals surface area contributed by atoms with Crippen LogP contribution < -0.4 is 16.4 Å². The van der Waals surface area contributed by atoms with Crippen molar-refractivity contribution >= 4 is 29.3 Å². The van der Waals surface area contributed by atoms with Gasteiger partial charge in [-0.2, -0.15) is 0 Å². The summed E-state index contributed by atoms with van der Waals surface area (Å²) in [5, 5.41) is 5.43. The van der Waals surface area contributed by atoms with Gasteiger partial charge in [-0.1, -0.05) is 6.07 Å². The molecule has 4 N–H and O–H groups in total. The number of primary amides is 1. The van der Waals surface area contributed by atoms with Crippen molar-refractivity contribution in [3.05, 3.63) is 29.3 Å². The molecule has 0 aliphatic carbocycles. The molecule has 0 aromatic heterocycles. The third kappa shape index (κ3) is 2.52. The molecule has 0 bridgehead atoms. The second-order valence-electron chi connectivity index (χ2n) is 5.48. The van der Waals surface area contributed by atoms with E-state index in [1.165, 1.54) is 6.07 Å². The molecule has 2 heterocycles. The summed E-state index contributed by atoms with van der Waals surface area (Å²) >= 11 is 0. The summed E-state index contributed by atoms with van der Waals surface area (Å²) in [6.07, 6.45) is 1.15. The van der Waals surface area contributed by atoms with E-state index in [9.17, 15) is 19.2 Å². The maximum atomic E-state index is 12.7. The van der Waals surface area contributed by atoms with Gasteiger partial charge in [0.1, 0.15) is 6.04 Å². The molecule has 8 nitrogen and oxygen atoms in total. The van der Waals surface area contributed by atoms with Crippen LogP contribution in [0.1, 0.15) is 33.6 Å². The molecular formula is C15H16N4O4. The predicted octanol–water partition coefficient (Wildman–Crippen LogP) is -0.542. The quantitative estimate of drug-likeness (QED) is 0.644. The van der Waals surface area contributed by atoms with Crippen molar-refractivity contribution in [3.8, 4) is 0 Å². The lowest BCUT2D eigenvalue weighted by Gasteiger charge is -2.28. The lowest BCUT2D eigenvalue weighted by Crippen LogP contribution is -2.52. The number of carbonyl (C=O) groups excluding carboxylic acids is 4. The van der Waals surface area contributed by atoms with Crippen molar-refractivity contribution in [2.75, 3.05) is 18.4 Å². The molecule has 2 aliphatic rings. The van der Waals surface area contributed by atoms with Crippen LogP contribution >= 0.6 is 0 Å². The summed E-state index contributed by atoms with van der Waals surface area (Å²) in [4.78, 5) is 49.2.